The number of piperidine rings is 1. The van der Waals surface area contributed by atoms with E-state index in [1.54, 1.807) is 19.2 Å². The van der Waals surface area contributed by atoms with Crippen LogP contribution in [0.3, 0.4) is 0 Å². The Labute approximate surface area is 159 Å². The molecule has 1 fully saturated rings. The fraction of sp³-hybridized carbons (Fsp3) is 0.300. The molecule has 5 nitrogen and oxygen atoms in total. The monoisotopic (exact) mass is 369 g/mol. The van der Waals surface area contributed by atoms with Crippen molar-refractivity contribution in [3.63, 3.8) is 0 Å². The maximum Gasteiger partial charge on any atom is 0.255 e. The molecule has 1 aliphatic heterocycles. The van der Waals surface area contributed by atoms with Crippen LogP contribution in [0.4, 0.5) is 5.69 Å². The largest absolute Gasteiger partial charge is 0.496 e. The molecule has 1 heterocycles. The highest BCUT2D eigenvalue weighted by Crippen LogP contribution is 2.19. The number of likely N-dealkylation sites (tertiary alicyclic amines) is 1. The van der Waals surface area contributed by atoms with E-state index in [0.29, 0.717) is 11.3 Å². The summed E-state index contributed by atoms with van der Waals surface area (Å²) in [6, 6.07) is 17.3. The maximum absolute atomic E-state index is 12.5. The van der Waals surface area contributed by atoms with Crippen LogP contribution in [-0.2, 0) is 0 Å². The van der Waals surface area contributed by atoms with E-state index in [1.807, 2.05) is 42.5 Å². The van der Waals surface area contributed by atoms with Gasteiger partial charge >= 0.3 is 0 Å². The number of nitrogens with zero attached hydrogens (tertiary/aromatic N) is 1. The standard InChI is InChI=1S/C20H23N3O2S/c1-25-18-10-6-5-9-17(18)19(24)21-16-11-13-23(14-12-16)20(26)22-15-7-3-2-4-8-15/h2-10,16H,11-14H2,1H3,(H,21,24)(H,22,26). The van der Waals surface area contributed by atoms with Crippen LogP contribution in [0.15, 0.2) is 54.6 Å². The number of rotatable bonds is 4. The Morgan fingerprint density at radius 1 is 1.08 bits per heavy atom. The molecular formula is C20H23N3O2S. The van der Waals surface area contributed by atoms with Gasteiger partial charge in [0.1, 0.15) is 5.75 Å². The van der Waals surface area contributed by atoms with Crippen LogP contribution in [0.2, 0.25) is 0 Å². The van der Waals surface area contributed by atoms with Gasteiger partial charge in [-0.05, 0) is 49.3 Å². The van der Waals surface area contributed by atoms with Crippen LogP contribution in [0.25, 0.3) is 0 Å². The SMILES string of the molecule is COc1ccccc1C(=O)NC1CCN(C(=S)Nc2ccccc2)CC1. The number of amides is 1. The zero-order valence-corrected chi connectivity index (χ0v) is 15.6. The Morgan fingerprint density at radius 3 is 2.42 bits per heavy atom. The van der Waals surface area contributed by atoms with Crippen molar-refractivity contribution >= 4 is 28.9 Å². The smallest absolute Gasteiger partial charge is 0.255 e. The van der Waals surface area contributed by atoms with Crippen molar-refractivity contribution < 1.29 is 9.53 Å². The van der Waals surface area contributed by atoms with E-state index in [-0.39, 0.29) is 11.9 Å². The normalized spacial score (nSPS) is 14.6. The quantitative estimate of drug-likeness (QED) is 0.810. The van der Waals surface area contributed by atoms with Crippen LogP contribution in [-0.4, -0.2) is 42.2 Å². The van der Waals surface area contributed by atoms with Gasteiger partial charge in [0.05, 0.1) is 12.7 Å². The van der Waals surface area contributed by atoms with E-state index in [0.717, 1.165) is 36.7 Å². The minimum Gasteiger partial charge on any atom is -0.496 e. The molecule has 0 aliphatic carbocycles. The summed E-state index contributed by atoms with van der Waals surface area (Å²) in [6.07, 6.45) is 1.72. The van der Waals surface area contributed by atoms with E-state index >= 15 is 0 Å². The van der Waals surface area contributed by atoms with Crippen molar-refractivity contribution in [1.29, 1.82) is 0 Å². The number of para-hydroxylation sites is 2. The third-order valence-corrected chi connectivity index (χ3v) is 4.85. The van der Waals surface area contributed by atoms with Crippen molar-refractivity contribution in [2.75, 3.05) is 25.5 Å². The van der Waals surface area contributed by atoms with Gasteiger partial charge < -0.3 is 20.3 Å². The Morgan fingerprint density at radius 2 is 1.73 bits per heavy atom. The molecule has 2 aromatic carbocycles. The van der Waals surface area contributed by atoms with Crippen molar-refractivity contribution in [3.05, 3.63) is 60.2 Å². The summed E-state index contributed by atoms with van der Waals surface area (Å²) in [5, 5.41) is 7.10. The number of carbonyl (C=O) groups excluding carboxylic acids is 1. The summed E-state index contributed by atoms with van der Waals surface area (Å²) >= 11 is 5.50. The van der Waals surface area contributed by atoms with Crippen LogP contribution in [0, 0.1) is 0 Å². The Balaban J connectivity index is 1.50. The fourth-order valence-corrected chi connectivity index (χ4v) is 3.35. The lowest BCUT2D eigenvalue weighted by atomic mass is 10.0. The molecular weight excluding hydrogens is 346 g/mol. The number of hydrogen-bond acceptors (Lipinski definition) is 3. The summed E-state index contributed by atoms with van der Waals surface area (Å²) in [4.78, 5) is 14.7. The highest BCUT2D eigenvalue weighted by atomic mass is 32.1. The van der Waals surface area contributed by atoms with Gasteiger partial charge in [0.25, 0.3) is 5.91 Å². The Kier molecular flexibility index (Phi) is 6.07. The predicted molar refractivity (Wildman–Crippen MR) is 108 cm³/mol. The second-order valence-corrected chi connectivity index (χ2v) is 6.62. The molecule has 0 aromatic heterocycles. The molecule has 0 spiro atoms. The number of carbonyl (C=O) groups is 1. The summed E-state index contributed by atoms with van der Waals surface area (Å²) in [5.41, 5.74) is 1.56. The summed E-state index contributed by atoms with van der Waals surface area (Å²) in [6.45, 7) is 1.63. The first-order chi connectivity index (χ1) is 12.7. The first-order valence-corrected chi connectivity index (χ1v) is 9.13. The van der Waals surface area contributed by atoms with Crippen molar-refractivity contribution in [1.82, 2.24) is 10.2 Å². The molecule has 2 N–H and O–H groups in total. The third kappa shape index (κ3) is 4.52. The zero-order chi connectivity index (χ0) is 18.4. The van der Waals surface area contributed by atoms with Crippen molar-refractivity contribution in [3.8, 4) is 5.75 Å². The molecule has 0 bridgehead atoms. The van der Waals surface area contributed by atoms with Gasteiger partial charge in [-0.15, -0.1) is 0 Å². The molecule has 2 aromatic rings. The second-order valence-electron chi connectivity index (χ2n) is 6.23. The Bertz CT molecular complexity index is 759. The summed E-state index contributed by atoms with van der Waals surface area (Å²) < 4.78 is 5.27. The maximum atomic E-state index is 12.5. The number of nitrogens with one attached hydrogen (secondary N) is 2. The minimum absolute atomic E-state index is 0.0918. The average Bonchev–Trinajstić information content (AvgIpc) is 2.69. The Hall–Kier alpha value is -2.60. The fourth-order valence-electron chi connectivity index (χ4n) is 3.05. The molecule has 1 saturated heterocycles. The van der Waals surface area contributed by atoms with E-state index in [2.05, 4.69) is 15.5 Å². The average molecular weight is 369 g/mol. The zero-order valence-electron chi connectivity index (χ0n) is 14.8. The molecule has 0 atom stereocenters. The van der Waals surface area contributed by atoms with Gasteiger partial charge in [0.15, 0.2) is 5.11 Å². The van der Waals surface area contributed by atoms with Crippen LogP contribution >= 0.6 is 12.2 Å². The molecule has 0 radical (unpaired) electrons. The van der Waals surface area contributed by atoms with Crippen LogP contribution < -0.4 is 15.4 Å². The highest BCUT2D eigenvalue weighted by Gasteiger charge is 2.23. The van der Waals surface area contributed by atoms with E-state index in [9.17, 15) is 4.79 Å². The molecule has 6 heteroatoms. The molecule has 0 saturated carbocycles. The molecule has 136 valence electrons. The van der Waals surface area contributed by atoms with Gasteiger partial charge in [0.2, 0.25) is 0 Å². The molecule has 0 unspecified atom stereocenters. The third-order valence-electron chi connectivity index (χ3n) is 4.49. The van der Waals surface area contributed by atoms with Gasteiger partial charge in [-0.25, -0.2) is 0 Å². The first-order valence-electron chi connectivity index (χ1n) is 8.72. The molecule has 26 heavy (non-hydrogen) atoms. The van der Waals surface area contributed by atoms with Gasteiger partial charge in [-0.3, -0.25) is 4.79 Å². The second kappa shape index (κ2) is 8.67. The lowest BCUT2D eigenvalue weighted by Crippen LogP contribution is -2.47. The van der Waals surface area contributed by atoms with Gasteiger partial charge in [0, 0.05) is 24.8 Å². The van der Waals surface area contributed by atoms with E-state index < -0.39 is 0 Å². The lowest BCUT2D eigenvalue weighted by Gasteiger charge is -2.34. The summed E-state index contributed by atoms with van der Waals surface area (Å²) in [5.74, 6) is 0.501. The van der Waals surface area contributed by atoms with Crippen molar-refractivity contribution in [2.45, 2.75) is 18.9 Å². The number of methoxy groups -OCH3 is 1. The number of benzene rings is 2. The lowest BCUT2D eigenvalue weighted by molar-refractivity contribution is 0.0919. The predicted octanol–water partition coefficient (Wildman–Crippen LogP) is 3.29. The number of thiocarbonyl (C=S) groups is 1. The van der Waals surface area contributed by atoms with E-state index in [4.69, 9.17) is 17.0 Å². The first kappa shape index (κ1) is 18.2. The number of anilines is 1. The molecule has 1 amide bonds. The molecule has 3 rings (SSSR count). The number of ether oxygens (including phenoxy) is 1. The van der Waals surface area contributed by atoms with Gasteiger partial charge in [-0.1, -0.05) is 30.3 Å². The molecule has 1 aliphatic rings. The topological polar surface area (TPSA) is 53.6 Å². The van der Waals surface area contributed by atoms with Crippen molar-refractivity contribution in [2.24, 2.45) is 0 Å². The highest BCUT2D eigenvalue weighted by molar-refractivity contribution is 7.80. The van der Waals surface area contributed by atoms with E-state index in [1.165, 1.54) is 0 Å². The van der Waals surface area contributed by atoms with Crippen LogP contribution in [0.1, 0.15) is 23.2 Å². The number of hydrogen-bond donors (Lipinski definition) is 2. The van der Waals surface area contributed by atoms with Gasteiger partial charge in [-0.2, -0.15) is 0 Å². The minimum atomic E-state index is -0.0918. The summed E-state index contributed by atoms with van der Waals surface area (Å²) in [7, 11) is 1.57. The van der Waals surface area contributed by atoms with Crippen LogP contribution in [0.5, 0.6) is 5.75 Å².